The fourth-order valence-corrected chi connectivity index (χ4v) is 2.78. The zero-order valence-corrected chi connectivity index (χ0v) is 14.3. The molecule has 1 unspecified atom stereocenters. The van der Waals surface area contributed by atoms with E-state index < -0.39 is 0 Å². The SMILES string of the molecule is CCc1ccc2nc(C)cc(C(=O)NCC(C)n3ccnc3)c2c1. The smallest absolute Gasteiger partial charge is 0.252 e. The predicted octanol–water partition coefficient (Wildman–Crippen LogP) is 3.29. The van der Waals surface area contributed by atoms with Crippen molar-refractivity contribution in [3.05, 3.63) is 59.8 Å². The highest BCUT2D eigenvalue weighted by atomic mass is 16.1. The maximum atomic E-state index is 12.7. The Labute approximate surface area is 141 Å². The molecule has 0 aliphatic rings. The summed E-state index contributed by atoms with van der Waals surface area (Å²) in [6, 6.07) is 8.13. The third-order valence-electron chi connectivity index (χ3n) is 4.25. The Morgan fingerprint density at radius 1 is 1.33 bits per heavy atom. The first-order chi connectivity index (χ1) is 11.6. The quantitative estimate of drug-likeness (QED) is 0.784. The van der Waals surface area contributed by atoms with Crippen LogP contribution in [0.1, 0.15) is 41.5 Å². The van der Waals surface area contributed by atoms with Gasteiger partial charge in [0.15, 0.2) is 0 Å². The highest BCUT2D eigenvalue weighted by molar-refractivity contribution is 6.06. The van der Waals surface area contributed by atoms with E-state index in [1.807, 2.05) is 36.7 Å². The summed E-state index contributed by atoms with van der Waals surface area (Å²) >= 11 is 0. The average Bonchev–Trinajstić information content (AvgIpc) is 3.13. The monoisotopic (exact) mass is 322 g/mol. The van der Waals surface area contributed by atoms with Gasteiger partial charge in [0.25, 0.3) is 5.91 Å². The number of fused-ring (bicyclic) bond motifs is 1. The molecule has 1 atom stereocenters. The van der Waals surface area contributed by atoms with E-state index in [1.165, 1.54) is 5.56 Å². The second-order valence-electron chi connectivity index (χ2n) is 6.09. The molecular formula is C19H22N4O. The second-order valence-corrected chi connectivity index (χ2v) is 6.09. The van der Waals surface area contributed by atoms with E-state index in [9.17, 15) is 4.79 Å². The van der Waals surface area contributed by atoms with Crippen LogP contribution in [0.2, 0.25) is 0 Å². The number of rotatable bonds is 5. The highest BCUT2D eigenvalue weighted by Gasteiger charge is 2.14. The molecule has 3 rings (SSSR count). The van der Waals surface area contributed by atoms with Gasteiger partial charge in [0.05, 0.1) is 17.4 Å². The van der Waals surface area contributed by atoms with Gasteiger partial charge in [-0.25, -0.2) is 4.98 Å². The molecule has 0 radical (unpaired) electrons. The minimum absolute atomic E-state index is 0.0641. The largest absolute Gasteiger partial charge is 0.350 e. The Kier molecular flexibility index (Phi) is 4.60. The molecule has 2 aromatic heterocycles. The van der Waals surface area contributed by atoms with Gasteiger partial charge in [-0.2, -0.15) is 0 Å². The molecule has 0 saturated carbocycles. The molecule has 3 aromatic rings. The third-order valence-corrected chi connectivity index (χ3v) is 4.25. The van der Waals surface area contributed by atoms with Crippen molar-refractivity contribution in [1.82, 2.24) is 19.9 Å². The standard InChI is InChI=1S/C19H22N4O/c1-4-15-5-6-18-16(10-15)17(9-13(2)22-18)19(24)21-11-14(3)23-8-7-20-12-23/h5-10,12,14H,4,11H2,1-3H3,(H,21,24). The molecule has 1 aromatic carbocycles. The topological polar surface area (TPSA) is 59.8 Å². The molecule has 5 nitrogen and oxygen atoms in total. The van der Waals surface area contributed by atoms with E-state index in [2.05, 4.69) is 34.3 Å². The second kappa shape index (κ2) is 6.83. The lowest BCUT2D eigenvalue weighted by Gasteiger charge is -2.15. The van der Waals surface area contributed by atoms with Crippen LogP contribution in [0.15, 0.2) is 43.0 Å². The van der Waals surface area contributed by atoms with Crippen molar-refractivity contribution in [2.45, 2.75) is 33.2 Å². The van der Waals surface area contributed by atoms with E-state index in [0.29, 0.717) is 12.1 Å². The number of nitrogens with zero attached hydrogens (tertiary/aromatic N) is 3. The van der Waals surface area contributed by atoms with Gasteiger partial charge in [-0.3, -0.25) is 9.78 Å². The number of nitrogens with one attached hydrogen (secondary N) is 1. The van der Waals surface area contributed by atoms with Gasteiger partial charge >= 0.3 is 0 Å². The molecular weight excluding hydrogens is 300 g/mol. The van der Waals surface area contributed by atoms with Crippen LogP contribution in [0.3, 0.4) is 0 Å². The number of carbonyl (C=O) groups excluding carboxylic acids is 1. The van der Waals surface area contributed by atoms with Crippen LogP contribution in [-0.4, -0.2) is 27.0 Å². The molecule has 0 aliphatic heterocycles. The molecule has 1 amide bonds. The summed E-state index contributed by atoms with van der Waals surface area (Å²) in [5, 5.41) is 3.94. The molecule has 0 spiro atoms. The van der Waals surface area contributed by atoms with Crippen LogP contribution in [0.4, 0.5) is 0 Å². The molecule has 24 heavy (non-hydrogen) atoms. The lowest BCUT2D eigenvalue weighted by Crippen LogP contribution is -2.29. The van der Waals surface area contributed by atoms with Crippen LogP contribution in [0, 0.1) is 6.92 Å². The number of aryl methyl sites for hydroxylation is 2. The van der Waals surface area contributed by atoms with Crippen molar-refractivity contribution in [2.75, 3.05) is 6.54 Å². The number of benzene rings is 1. The van der Waals surface area contributed by atoms with Crippen LogP contribution >= 0.6 is 0 Å². The zero-order chi connectivity index (χ0) is 17.1. The van der Waals surface area contributed by atoms with Gasteiger partial charge in [-0.1, -0.05) is 13.0 Å². The van der Waals surface area contributed by atoms with Gasteiger partial charge in [0, 0.05) is 36.1 Å². The number of hydrogen-bond acceptors (Lipinski definition) is 3. The van der Waals surface area contributed by atoms with Gasteiger partial charge in [-0.05, 0) is 44.0 Å². The van der Waals surface area contributed by atoms with Crippen LogP contribution in [-0.2, 0) is 6.42 Å². The Hall–Kier alpha value is -2.69. The number of imidazole rings is 1. The fraction of sp³-hybridized carbons (Fsp3) is 0.316. The molecule has 124 valence electrons. The molecule has 0 saturated heterocycles. The number of aromatic nitrogens is 3. The van der Waals surface area contributed by atoms with E-state index in [1.54, 1.807) is 12.5 Å². The molecule has 0 bridgehead atoms. The normalized spacial score (nSPS) is 12.3. The first-order valence-corrected chi connectivity index (χ1v) is 8.24. The molecule has 0 aliphatic carbocycles. The van der Waals surface area contributed by atoms with Crippen molar-refractivity contribution in [1.29, 1.82) is 0 Å². The van der Waals surface area contributed by atoms with Gasteiger partial charge in [-0.15, -0.1) is 0 Å². The Morgan fingerprint density at radius 3 is 2.88 bits per heavy atom. The van der Waals surface area contributed by atoms with Crippen molar-refractivity contribution in [2.24, 2.45) is 0 Å². The maximum Gasteiger partial charge on any atom is 0.252 e. The summed E-state index contributed by atoms with van der Waals surface area (Å²) in [7, 11) is 0. The zero-order valence-electron chi connectivity index (χ0n) is 14.3. The van der Waals surface area contributed by atoms with E-state index >= 15 is 0 Å². The third kappa shape index (κ3) is 3.30. The number of amides is 1. The summed E-state index contributed by atoms with van der Waals surface area (Å²) in [6.45, 7) is 6.62. The van der Waals surface area contributed by atoms with Crippen molar-refractivity contribution in [3.8, 4) is 0 Å². The summed E-state index contributed by atoms with van der Waals surface area (Å²) in [5.74, 6) is -0.0641. The van der Waals surface area contributed by atoms with Crippen LogP contribution in [0.5, 0.6) is 0 Å². The fourth-order valence-electron chi connectivity index (χ4n) is 2.78. The van der Waals surface area contributed by atoms with Crippen molar-refractivity contribution >= 4 is 16.8 Å². The first kappa shape index (κ1) is 16.2. The summed E-state index contributed by atoms with van der Waals surface area (Å²) in [6.07, 6.45) is 6.33. The van der Waals surface area contributed by atoms with E-state index in [4.69, 9.17) is 0 Å². The van der Waals surface area contributed by atoms with E-state index in [0.717, 1.165) is 23.0 Å². The summed E-state index contributed by atoms with van der Waals surface area (Å²) < 4.78 is 1.98. The van der Waals surface area contributed by atoms with Gasteiger partial charge < -0.3 is 9.88 Å². The van der Waals surface area contributed by atoms with Gasteiger partial charge in [0.2, 0.25) is 0 Å². The van der Waals surface area contributed by atoms with Crippen molar-refractivity contribution in [3.63, 3.8) is 0 Å². The minimum Gasteiger partial charge on any atom is -0.350 e. The van der Waals surface area contributed by atoms with Gasteiger partial charge in [0.1, 0.15) is 0 Å². The summed E-state index contributed by atoms with van der Waals surface area (Å²) in [4.78, 5) is 21.3. The maximum absolute atomic E-state index is 12.7. The molecule has 1 N–H and O–H groups in total. The Bertz CT molecular complexity index is 855. The Morgan fingerprint density at radius 2 is 2.17 bits per heavy atom. The lowest BCUT2D eigenvalue weighted by atomic mass is 10.0. The van der Waals surface area contributed by atoms with Crippen LogP contribution < -0.4 is 5.32 Å². The number of hydrogen-bond donors (Lipinski definition) is 1. The Balaban J connectivity index is 1.86. The summed E-state index contributed by atoms with van der Waals surface area (Å²) in [5.41, 5.74) is 3.60. The van der Waals surface area contributed by atoms with E-state index in [-0.39, 0.29) is 11.9 Å². The van der Waals surface area contributed by atoms with Crippen LogP contribution in [0.25, 0.3) is 10.9 Å². The number of pyridine rings is 1. The molecule has 2 heterocycles. The minimum atomic E-state index is -0.0641. The lowest BCUT2D eigenvalue weighted by molar-refractivity contribution is 0.0950. The van der Waals surface area contributed by atoms with Crippen molar-refractivity contribution < 1.29 is 4.79 Å². The molecule has 0 fully saturated rings. The average molecular weight is 322 g/mol. The number of carbonyl (C=O) groups is 1. The first-order valence-electron chi connectivity index (χ1n) is 8.24. The molecule has 5 heteroatoms. The highest BCUT2D eigenvalue weighted by Crippen LogP contribution is 2.20. The predicted molar refractivity (Wildman–Crippen MR) is 95.1 cm³/mol.